The first kappa shape index (κ1) is 18.5. The van der Waals surface area contributed by atoms with Gasteiger partial charge in [0.1, 0.15) is 12.4 Å². The number of H-pyrrole nitrogens is 1. The highest BCUT2D eigenvalue weighted by atomic mass is 16.5. The zero-order valence-corrected chi connectivity index (χ0v) is 15.0. The highest BCUT2D eigenvalue weighted by Crippen LogP contribution is 2.15. The minimum absolute atomic E-state index is 0.184. The molecule has 138 valence electrons. The van der Waals surface area contributed by atoms with Crippen LogP contribution in [-0.4, -0.2) is 17.4 Å². The zero-order chi connectivity index (χ0) is 18.9. The fourth-order valence-electron chi connectivity index (χ4n) is 2.64. The highest BCUT2D eigenvalue weighted by molar-refractivity contribution is 5.93. The molecule has 0 saturated carbocycles. The molecule has 27 heavy (non-hydrogen) atoms. The van der Waals surface area contributed by atoms with Crippen LogP contribution < -0.4 is 15.6 Å². The first-order valence-corrected chi connectivity index (χ1v) is 8.93. The molecule has 0 atom stereocenters. The standard InChI is InChI=1S/C22H22N2O3/c25-21-13-10-19(15-24-21)22(26)23-14-4-7-17-8-11-20(12-9-17)27-16-18-5-2-1-3-6-18/h1-3,5-6,8-13,15H,4,7,14,16H2,(H,23,26)(H,24,25). The fraction of sp³-hybridized carbons (Fsp3) is 0.182. The van der Waals surface area contributed by atoms with Gasteiger partial charge in [-0.3, -0.25) is 9.59 Å². The number of benzene rings is 2. The first-order chi connectivity index (χ1) is 13.2. The minimum atomic E-state index is -0.220. The Morgan fingerprint density at radius 1 is 0.926 bits per heavy atom. The molecule has 3 aromatic rings. The monoisotopic (exact) mass is 362 g/mol. The third-order valence-corrected chi connectivity index (χ3v) is 4.15. The molecule has 1 amide bonds. The van der Waals surface area contributed by atoms with E-state index in [4.69, 9.17) is 4.74 Å². The molecule has 0 unspecified atom stereocenters. The number of aryl methyl sites for hydroxylation is 1. The number of ether oxygens (including phenoxy) is 1. The third-order valence-electron chi connectivity index (χ3n) is 4.15. The summed E-state index contributed by atoms with van der Waals surface area (Å²) in [7, 11) is 0. The molecule has 0 saturated heterocycles. The Kier molecular flexibility index (Phi) is 6.41. The smallest absolute Gasteiger partial charge is 0.252 e. The summed E-state index contributed by atoms with van der Waals surface area (Å²) in [6.07, 6.45) is 3.12. The van der Waals surface area contributed by atoms with Crippen molar-refractivity contribution in [1.82, 2.24) is 10.3 Å². The van der Waals surface area contributed by atoms with Gasteiger partial charge >= 0.3 is 0 Å². The Hall–Kier alpha value is -3.34. The molecule has 3 rings (SSSR count). The van der Waals surface area contributed by atoms with E-state index in [1.165, 1.54) is 23.9 Å². The Morgan fingerprint density at radius 3 is 2.41 bits per heavy atom. The molecule has 0 aliphatic rings. The van der Waals surface area contributed by atoms with E-state index in [1.807, 2.05) is 54.6 Å². The molecule has 2 aromatic carbocycles. The van der Waals surface area contributed by atoms with Crippen LogP contribution in [0.2, 0.25) is 0 Å². The maximum atomic E-state index is 12.0. The predicted molar refractivity (Wildman–Crippen MR) is 105 cm³/mol. The molecule has 1 aromatic heterocycles. The van der Waals surface area contributed by atoms with Crippen LogP contribution in [0.3, 0.4) is 0 Å². The van der Waals surface area contributed by atoms with Crippen molar-refractivity contribution in [3.05, 3.63) is 100.0 Å². The molecular weight excluding hydrogens is 340 g/mol. The minimum Gasteiger partial charge on any atom is -0.489 e. The third kappa shape index (κ3) is 5.85. The number of nitrogens with one attached hydrogen (secondary N) is 2. The van der Waals surface area contributed by atoms with Crippen LogP contribution in [0.1, 0.15) is 27.9 Å². The van der Waals surface area contributed by atoms with Gasteiger partial charge in [0.25, 0.3) is 5.91 Å². The van der Waals surface area contributed by atoms with E-state index in [9.17, 15) is 9.59 Å². The van der Waals surface area contributed by atoms with Gasteiger partial charge in [-0.2, -0.15) is 0 Å². The molecule has 0 bridgehead atoms. The lowest BCUT2D eigenvalue weighted by atomic mass is 10.1. The van der Waals surface area contributed by atoms with Gasteiger partial charge in [-0.15, -0.1) is 0 Å². The highest BCUT2D eigenvalue weighted by Gasteiger charge is 2.04. The Balaban J connectivity index is 1.39. The maximum absolute atomic E-state index is 12.0. The lowest BCUT2D eigenvalue weighted by Gasteiger charge is -2.08. The number of carbonyl (C=O) groups excluding carboxylic acids is 1. The van der Waals surface area contributed by atoms with Crippen LogP contribution in [0, 0.1) is 0 Å². The van der Waals surface area contributed by atoms with Crippen LogP contribution in [0.4, 0.5) is 0 Å². The summed E-state index contributed by atoms with van der Waals surface area (Å²) >= 11 is 0. The molecular formula is C22H22N2O3. The van der Waals surface area contributed by atoms with Crippen molar-refractivity contribution in [1.29, 1.82) is 0 Å². The second-order valence-electron chi connectivity index (χ2n) is 6.22. The molecule has 0 spiro atoms. The number of amides is 1. The number of aromatic nitrogens is 1. The molecule has 2 N–H and O–H groups in total. The lowest BCUT2D eigenvalue weighted by molar-refractivity contribution is 0.0953. The quantitative estimate of drug-likeness (QED) is 0.604. The van der Waals surface area contributed by atoms with Gasteiger partial charge in [0.05, 0.1) is 5.56 Å². The summed E-state index contributed by atoms with van der Waals surface area (Å²) < 4.78 is 5.78. The van der Waals surface area contributed by atoms with E-state index >= 15 is 0 Å². The number of aromatic amines is 1. The molecule has 5 nitrogen and oxygen atoms in total. The van der Waals surface area contributed by atoms with Crippen molar-refractivity contribution in [3.8, 4) is 5.75 Å². The summed E-state index contributed by atoms with van der Waals surface area (Å²) in [6, 6.07) is 20.9. The van der Waals surface area contributed by atoms with Crippen LogP contribution in [0.25, 0.3) is 0 Å². The maximum Gasteiger partial charge on any atom is 0.252 e. The van der Waals surface area contributed by atoms with Gasteiger partial charge in [-0.25, -0.2) is 0 Å². The van der Waals surface area contributed by atoms with Gasteiger partial charge in [-0.1, -0.05) is 42.5 Å². The summed E-state index contributed by atoms with van der Waals surface area (Å²) in [6.45, 7) is 1.13. The Labute approximate surface area is 158 Å². The normalized spacial score (nSPS) is 10.4. The number of hydrogen-bond donors (Lipinski definition) is 2. The average molecular weight is 362 g/mol. The molecule has 0 aliphatic carbocycles. The topological polar surface area (TPSA) is 71.2 Å². The van der Waals surface area contributed by atoms with Gasteiger partial charge < -0.3 is 15.0 Å². The summed E-state index contributed by atoms with van der Waals surface area (Å²) in [5, 5.41) is 2.85. The zero-order valence-electron chi connectivity index (χ0n) is 15.0. The first-order valence-electron chi connectivity index (χ1n) is 8.93. The summed E-state index contributed by atoms with van der Waals surface area (Å²) in [5.74, 6) is 0.657. The van der Waals surface area contributed by atoms with Gasteiger partial charge in [0.15, 0.2) is 0 Å². The Morgan fingerprint density at radius 2 is 1.70 bits per heavy atom. The molecule has 0 fully saturated rings. The van der Waals surface area contributed by atoms with Crippen LogP contribution in [-0.2, 0) is 13.0 Å². The van der Waals surface area contributed by atoms with Gasteiger partial charge in [0, 0.05) is 18.8 Å². The molecule has 0 aliphatic heterocycles. The van der Waals surface area contributed by atoms with E-state index in [2.05, 4.69) is 10.3 Å². The van der Waals surface area contributed by atoms with Crippen molar-refractivity contribution in [2.75, 3.05) is 6.54 Å². The van der Waals surface area contributed by atoms with Crippen molar-refractivity contribution in [2.45, 2.75) is 19.4 Å². The van der Waals surface area contributed by atoms with E-state index in [0.29, 0.717) is 18.7 Å². The van der Waals surface area contributed by atoms with E-state index in [-0.39, 0.29) is 11.5 Å². The second kappa shape index (κ2) is 9.38. The summed E-state index contributed by atoms with van der Waals surface area (Å²) in [5.41, 5.74) is 2.57. The summed E-state index contributed by atoms with van der Waals surface area (Å²) in [4.78, 5) is 25.4. The van der Waals surface area contributed by atoms with Crippen LogP contribution in [0.15, 0.2) is 77.7 Å². The average Bonchev–Trinajstić information content (AvgIpc) is 2.71. The molecule has 1 heterocycles. The number of rotatable bonds is 8. The van der Waals surface area contributed by atoms with E-state index in [1.54, 1.807) is 0 Å². The fourth-order valence-corrected chi connectivity index (χ4v) is 2.64. The van der Waals surface area contributed by atoms with E-state index < -0.39 is 0 Å². The SMILES string of the molecule is O=C(NCCCc1ccc(OCc2ccccc2)cc1)c1ccc(=O)[nH]c1. The van der Waals surface area contributed by atoms with Gasteiger partial charge in [0.2, 0.25) is 5.56 Å². The van der Waals surface area contributed by atoms with Crippen LogP contribution in [0.5, 0.6) is 5.75 Å². The van der Waals surface area contributed by atoms with Crippen LogP contribution >= 0.6 is 0 Å². The lowest BCUT2D eigenvalue weighted by Crippen LogP contribution is -2.25. The number of pyridine rings is 1. The number of carbonyl (C=O) groups is 1. The number of hydrogen-bond acceptors (Lipinski definition) is 3. The van der Waals surface area contributed by atoms with E-state index in [0.717, 1.165) is 24.2 Å². The van der Waals surface area contributed by atoms with Crippen molar-refractivity contribution >= 4 is 5.91 Å². The molecule has 0 radical (unpaired) electrons. The largest absolute Gasteiger partial charge is 0.489 e. The predicted octanol–water partition coefficient (Wildman–Crippen LogP) is 3.32. The molecule has 5 heteroatoms. The van der Waals surface area contributed by atoms with Crippen molar-refractivity contribution < 1.29 is 9.53 Å². The second-order valence-corrected chi connectivity index (χ2v) is 6.22. The Bertz CT molecular complexity index is 898. The van der Waals surface area contributed by atoms with Crippen molar-refractivity contribution in [2.24, 2.45) is 0 Å². The van der Waals surface area contributed by atoms with Crippen molar-refractivity contribution in [3.63, 3.8) is 0 Å². The van der Waals surface area contributed by atoms with Gasteiger partial charge in [-0.05, 0) is 42.2 Å².